The first kappa shape index (κ1) is 20.9. The normalized spacial score (nSPS) is 11.1. The molecule has 8 nitrogen and oxygen atoms in total. The van der Waals surface area contributed by atoms with Crippen LogP contribution in [0.3, 0.4) is 0 Å². The molecule has 0 radical (unpaired) electrons. The Hall–Kier alpha value is -3.34. The number of nitrogens with zero attached hydrogens (tertiary/aromatic N) is 2. The zero-order valence-electron chi connectivity index (χ0n) is 16.3. The van der Waals surface area contributed by atoms with Crippen LogP contribution in [0.4, 0.5) is 10.1 Å². The van der Waals surface area contributed by atoms with Crippen LogP contribution in [0.15, 0.2) is 40.2 Å². The summed E-state index contributed by atoms with van der Waals surface area (Å²) in [4.78, 5) is 33.4. The van der Waals surface area contributed by atoms with Crippen molar-refractivity contribution in [2.75, 3.05) is 14.2 Å². The molecule has 31 heavy (non-hydrogen) atoms. The van der Waals surface area contributed by atoms with Crippen LogP contribution in [0.5, 0.6) is 5.75 Å². The minimum atomic E-state index is -0.642. The third-order valence-electron chi connectivity index (χ3n) is 4.76. The highest BCUT2D eigenvalue weighted by atomic mass is 35.5. The Morgan fingerprint density at radius 3 is 2.77 bits per heavy atom. The van der Waals surface area contributed by atoms with Crippen molar-refractivity contribution in [3.8, 4) is 21.9 Å². The number of ether oxygens (including phenoxy) is 1. The van der Waals surface area contributed by atoms with E-state index in [1.54, 1.807) is 18.4 Å². The minimum Gasteiger partial charge on any atom is -0.494 e. The standard InChI is InChI=1S/C20H15ClFN5O3S/c1-24-17-9(6-23)7-25-8-14(17)27-19(28)18-13(26-20(27)29)5-16(31-18)10-3-15(30-2)12(22)4-11(10)21/h3-8,23H,1-2H3,(H,24,25)(H,26,29)/p+1. The number of aromatic nitrogens is 3. The van der Waals surface area contributed by atoms with E-state index >= 15 is 0 Å². The Morgan fingerprint density at radius 2 is 2.10 bits per heavy atom. The third-order valence-corrected chi connectivity index (χ3v) is 6.23. The Morgan fingerprint density at radius 1 is 1.32 bits per heavy atom. The first-order valence-corrected chi connectivity index (χ1v) is 10.2. The summed E-state index contributed by atoms with van der Waals surface area (Å²) >= 11 is 7.33. The minimum absolute atomic E-state index is 0.0143. The number of rotatable bonds is 5. The predicted octanol–water partition coefficient (Wildman–Crippen LogP) is 2.43. The largest absolute Gasteiger partial charge is 0.494 e. The van der Waals surface area contributed by atoms with Crippen molar-refractivity contribution < 1.29 is 14.4 Å². The Bertz CT molecular complexity index is 1460. The molecule has 11 heteroatoms. The highest BCUT2D eigenvalue weighted by Crippen LogP contribution is 2.38. The molecule has 0 atom stereocenters. The first-order valence-electron chi connectivity index (χ1n) is 9.00. The van der Waals surface area contributed by atoms with Gasteiger partial charge in [-0.05, 0) is 18.2 Å². The molecule has 4 N–H and O–H groups in total. The fraction of sp³-hybridized carbons (Fsp3) is 0.100. The van der Waals surface area contributed by atoms with Crippen molar-refractivity contribution in [1.29, 1.82) is 5.41 Å². The van der Waals surface area contributed by atoms with Gasteiger partial charge in [-0.3, -0.25) is 9.78 Å². The smallest absolute Gasteiger partial charge is 0.333 e. The number of pyridine rings is 1. The molecule has 0 spiro atoms. The number of halogens is 2. The van der Waals surface area contributed by atoms with Crippen LogP contribution in [-0.4, -0.2) is 34.9 Å². The molecule has 0 amide bonds. The number of nitrogens with one attached hydrogen (secondary N) is 2. The summed E-state index contributed by atoms with van der Waals surface area (Å²) in [6.07, 6.45) is 3.99. The molecule has 0 aliphatic carbocycles. The number of aromatic amines is 1. The maximum atomic E-state index is 13.9. The van der Waals surface area contributed by atoms with Gasteiger partial charge in [0.15, 0.2) is 17.3 Å². The van der Waals surface area contributed by atoms with Crippen LogP contribution in [-0.2, 0) is 0 Å². The second-order valence-corrected chi connectivity index (χ2v) is 7.94. The molecule has 0 aliphatic rings. The molecule has 0 saturated carbocycles. The zero-order valence-corrected chi connectivity index (χ0v) is 17.9. The lowest BCUT2D eigenvalue weighted by Crippen LogP contribution is -2.73. The van der Waals surface area contributed by atoms with Gasteiger partial charge in [0.2, 0.25) is 0 Å². The average Bonchev–Trinajstić information content (AvgIpc) is 3.17. The summed E-state index contributed by atoms with van der Waals surface area (Å²) in [6, 6.07) is 4.20. The quantitative estimate of drug-likeness (QED) is 0.396. The van der Waals surface area contributed by atoms with Gasteiger partial charge >= 0.3 is 5.69 Å². The lowest BCUT2D eigenvalue weighted by molar-refractivity contribution is -0.539. The van der Waals surface area contributed by atoms with Crippen LogP contribution in [0.25, 0.3) is 26.3 Å². The summed E-state index contributed by atoms with van der Waals surface area (Å²) < 4.78 is 20.2. The zero-order chi connectivity index (χ0) is 22.3. The third kappa shape index (κ3) is 3.44. The number of benzene rings is 1. The van der Waals surface area contributed by atoms with E-state index in [0.717, 1.165) is 28.2 Å². The highest BCUT2D eigenvalue weighted by molar-refractivity contribution is 7.22. The van der Waals surface area contributed by atoms with Gasteiger partial charge in [-0.15, -0.1) is 11.3 Å². The number of quaternary nitrogens is 1. The predicted molar refractivity (Wildman–Crippen MR) is 118 cm³/mol. The van der Waals surface area contributed by atoms with Crippen molar-refractivity contribution in [2.24, 2.45) is 0 Å². The van der Waals surface area contributed by atoms with E-state index in [0.29, 0.717) is 27.2 Å². The van der Waals surface area contributed by atoms with Crippen molar-refractivity contribution in [1.82, 2.24) is 14.5 Å². The average molecular weight is 461 g/mol. The molecular weight excluding hydrogens is 445 g/mol. The summed E-state index contributed by atoms with van der Waals surface area (Å²) in [6.45, 7) is 0. The summed E-state index contributed by atoms with van der Waals surface area (Å²) in [5.74, 6) is -0.588. The van der Waals surface area contributed by atoms with Gasteiger partial charge in [-0.25, -0.2) is 13.8 Å². The van der Waals surface area contributed by atoms with E-state index in [1.165, 1.54) is 25.6 Å². The Kier molecular flexibility index (Phi) is 5.44. The van der Waals surface area contributed by atoms with Gasteiger partial charge in [0.1, 0.15) is 10.4 Å². The Labute approximate surface area is 183 Å². The molecular formula is C20H16ClFN5O3S+. The van der Waals surface area contributed by atoms with E-state index in [2.05, 4.69) is 9.97 Å². The molecule has 0 unspecified atom stereocenters. The fourth-order valence-corrected chi connectivity index (χ4v) is 4.70. The summed E-state index contributed by atoms with van der Waals surface area (Å²) in [5, 5.41) is 9.40. The van der Waals surface area contributed by atoms with Gasteiger partial charge < -0.3 is 20.4 Å². The maximum Gasteiger partial charge on any atom is 0.333 e. The second kappa shape index (κ2) is 8.06. The van der Waals surface area contributed by atoms with E-state index in [1.807, 2.05) is 0 Å². The summed E-state index contributed by atoms with van der Waals surface area (Å²) in [7, 11) is 3.09. The molecule has 0 saturated heterocycles. The van der Waals surface area contributed by atoms with Gasteiger partial charge in [0.25, 0.3) is 5.56 Å². The lowest BCUT2D eigenvalue weighted by Gasteiger charge is -2.09. The molecule has 0 fully saturated rings. The van der Waals surface area contributed by atoms with E-state index in [4.69, 9.17) is 21.7 Å². The van der Waals surface area contributed by atoms with Crippen molar-refractivity contribution >= 4 is 45.1 Å². The summed E-state index contributed by atoms with van der Waals surface area (Å²) in [5.41, 5.74) is 0.923. The molecule has 0 aliphatic heterocycles. The molecule has 1 aromatic carbocycles. The van der Waals surface area contributed by atoms with Gasteiger partial charge in [-0.1, -0.05) is 11.6 Å². The monoisotopic (exact) mass is 460 g/mol. The highest BCUT2D eigenvalue weighted by Gasteiger charge is 2.20. The van der Waals surface area contributed by atoms with Crippen molar-refractivity contribution in [3.63, 3.8) is 0 Å². The van der Waals surface area contributed by atoms with Crippen molar-refractivity contribution in [2.45, 2.75) is 0 Å². The van der Waals surface area contributed by atoms with E-state index in [9.17, 15) is 14.0 Å². The number of fused-ring (bicyclic) bond motifs is 1. The number of hydrogen-bond acceptors (Lipinski definition) is 6. The topological polar surface area (TPSA) is 117 Å². The van der Waals surface area contributed by atoms with Crippen LogP contribution < -0.4 is 21.3 Å². The van der Waals surface area contributed by atoms with E-state index < -0.39 is 17.1 Å². The molecule has 4 aromatic rings. The van der Waals surface area contributed by atoms with Crippen LogP contribution in [0.2, 0.25) is 5.02 Å². The second-order valence-electron chi connectivity index (χ2n) is 6.49. The van der Waals surface area contributed by atoms with Crippen LogP contribution in [0, 0.1) is 11.2 Å². The van der Waals surface area contributed by atoms with Crippen molar-refractivity contribution in [3.05, 3.63) is 67.8 Å². The SMILES string of the molecule is C[NH2+]c1c(C=N)cncc1-n1c(=O)[nH]c2cc(-c3cc(OC)c(F)cc3Cl)sc2c1=O. The molecule has 3 aromatic heterocycles. The van der Waals surface area contributed by atoms with Gasteiger partial charge in [-0.2, -0.15) is 0 Å². The fourth-order valence-electron chi connectivity index (χ4n) is 3.32. The lowest BCUT2D eigenvalue weighted by atomic mass is 10.1. The van der Waals surface area contributed by atoms with E-state index in [-0.39, 0.29) is 21.2 Å². The number of hydrogen-bond donors (Lipinski definition) is 3. The van der Waals surface area contributed by atoms with Gasteiger partial charge in [0.05, 0.1) is 36.5 Å². The number of H-pyrrole nitrogens is 1. The molecule has 158 valence electrons. The number of thiophene rings is 1. The number of methoxy groups -OCH3 is 1. The van der Waals surface area contributed by atoms with Gasteiger partial charge in [0, 0.05) is 22.9 Å². The maximum absolute atomic E-state index is 13.9. The Balaban J connectivity index is 1.98. The van der Waals surface area contributed by atoms with Crippen LogP contribution >= 0.6 is 22.9 Å². The first-order chi connectivity index (χ1) is 14.9. The molecule has 4 rings (SSSR count). The number of nitrogens with two attached hydrogens (primary N) is 1. The molecule has 0 bridgehead atoms. The molecule has 3 heterocycles. The van der Waals surface area contributed by atoms with Crippen LogP contribution in [0.1, 0.15) is 5.56 Å².